The second-order valence-corrected chi connectivity index (χ2v) is 6.07. The normalized spacial score (nSPS) is 16.0. The van der Waals surface area contributed by atoms with E-state index in [0.29, 0.717) is 12.2 Å². The molecule has 0 bridgehead atoms. The molecule has 3 rings (SSSR count). The summed E-state index contributed by atoms with van der Waals surface area (Å²) >= 11 is 0. The van der Waals surface area contributed by atoms with Gasteiger partial charge >= 0.3 is 0 Å². The van der Waals surface area contributed by atoms with Crippen molar-refractivity contribution in [1.82, 2.24) is 25.5 Å². The van der Waals surface area contributed by atoms with E-state index in [0.717, 1.165) is 31.2 Å². The summed E-state index contributed by atoms with van der Waals surface area (Å²) in [5.41, 5.74) is 0.668. The smallest absolute Gasteiger partial charge is 0.275 e. The number of aromatic nitrogens is 4. The second-order valence-electron chi connectivity index (χ2n) is 6.07. The summed E-state index contributed by atoms with van der Waals surface area (Å²) in [6.07, 6.45) is 7.87. The highest BCUT2D eigenvalue weighted by Gasteiger charge is 2.26. The number of carbonyl (C=O) groups is 1. The molecule has 1 saturated carbocycles. The van der Waals surface area contributed by atoms with E-state index in [4.69, 9.17) is 0 Å². The minimum Gasteiger partial charge on any atom is -0.347 e. The number of amides is 1. The summed E-state index contributed by atoms with van der Waals surface area (Å²) < 4.78 is 0. The Morgan fingerprint density at radius 3 is 2.62 bits per heavy atom. The van der Waals surface area contributed by atoms with Crippen LogP contribution in [0.2, 0.25) is 0 Å². The third-order valence-corrected chi connectivity index (χ3v) is 4.46. The minimum absolute atomic E-state index is 0.0127. The maximum atomic E-state index is 12.4. The Morgan fingerprint density at radius 2 is 2.00 bits per heavy atom. The maximum absolute atomic E-state index is 12.4. The molecule has 126 valence electrons. The second kappa shape index (κ2) is 7.33. The molecular weight excluding hydrogens is 306 g/mol. The lowest BCUT2D eigenvalue weighted by Crippen LogP contribution is -2.36. The lowest BCUT2D eigenvalue weighted by molar-refractivity contribution is -0.125. The number of carbonyl (C=O) groups excluding carboxylic acids is 1. The number of hydrogen-bond acceptors (Lipinski definition) is 5. The summed E-state index contributed by atoms with van der Waals surface area (Å²) in [5, 5.41) is 11.1. The van der Waals surface area contributed by atoms with Crippen LogP contribution in [0.15, 0.2) is 29.3 Å². The van der Waals surface area contributed by atoms with E-state index in [1.54, 1.807) is 24.5 Å². The van der Waals surface area contributed by atoms with Crippen molar-refractivity contribution < 1.29 is 4.79 Å². The predicted molar refractivity (Wildman–Crippen MR) is 89.0 cm³/mol. The summed E-state index contributed by atoms with van der Waals surface area (Å²) in [5.74, 6) is 0.462. The number of nitrogens with zero attached hydrogens (tertiary/aromatic N) is 3. The van der Waals surface area contributed by atoms with Crippen LogP contribution in [0.25, 0.3) is 11.4 Å². The molecule has 1 aliphatic rings. The van der Waals surface area contributed by atoms with Crippen LogP contribution in [0.3, 0.4) is 0 Å². The van der Waals surface area contributed by atoms with Gasteiger partial charge in [-0.3, -0.25) is 14.6 Å². The molecule has 1 unspecified atom stereocenters. The largest absolute Gasteiger partial charge is 0.347 e. The molecule has 2 aromatic heterocycles. The van der Waals surface area contributed by atoms with E-state index in [9.17, 15) is 9.59 Å². The first-order valence-electron chi connectivity index (χ1n) is 8.36. The van der Waals surface area contributed by atoms with Gasteiger partial charge in [0, 0.05) is 23.9 Å². The number of H-pyrrole nitrogens is 1. The summed E-state index contributed by atoms with van der Waals surface area (Å²) in [7, 11) is 0. The molecule has 1 amide bonds. The summed E-state index contributed by atoms with van der Waals surface area (Å²) in [6, 6.07) is 3.08. The number of hydrogen-bond donors (Lipinski definition) is 2. The van der Waals surface area contributed by atoms with Crippen LogP contribution in [0, 0.1) is 5.92 Å². The molecule has 2 N–H and O–H groups in total. The van der Waals surface area contributed by atoms with Crippen LogP contribution in [0.4, 0.5) is 0 Å². The van der Waals surface area contributed by atoms with Crippen LogP contribution in [-0.2, 0) is 4.79 Å². The van der Waals surface area contributed by atoms with Crippen molar-refractivity contribution in [2.45, 2.75) is 45.1 Å². The van der Waals surface area contributed by atoms with Gasteiger partial charge in [-0.25, -0.2) is 0 Å². The fourth-order valence-electron chi connectivity index (χ4n) is 3.05. The van der Waals surface area contributed by atoms with Crippen molar-refractivity contribution in [1.29, 1.82) is 0 Å². The van der Waals surface area contributed by atoms with E-state index in [-0.39, 0.29) is 23.1 Å². The zero-order chi connectivity index (χ0) is 16.9. The van der Waals surface area contributed by atoms with Gasteiger partial charge in [-0.15, -0.1) is 10.2 Å². The predicted octanol–water partition coefficient (Wildman–Crippen LogP) is 1.98. The van der Waals surface area contributed by atoms with E-state index in [1.807, 2.05) is 6.92 Å². The molecule has 0 spiro atoms. The van der Waals surface area contributed by atoms with Crippen LogP contribution >= 0.6 is 0 Å². The van der Waals surface area contributed by atoms with Crippen molar-refractivity contribution in [3.05, 3.63) is 40.6 Å². The van der Waals surface area contributed by atoms with E-state index >= 15 is 0 Å². The molecule has 0 aliphatic heterocycles. The zero-order valence-electron chi connectivity index (χ0n) is 13.7. The average Bonchev–Trinajstić information content (AvgIpc) is 3.15. The van der Waals surface area contributed by atoms with Crippen molar-refractivity contribution >= 4 is 5.91 Å². The minimum atomic E-state index is -0.416. The van der Waals surface area contributed by atoms with Gasteiger partial charge in [0.2, 0.25) is 5.91 Å². The van der Waals surface area contributed by atoms with Gasteiger partial charge in [0.1, 0.15) is 0 Å². The molecule has 1 aliphatic carbocycles. The monoisotopic (exact) mass is 327 g/mol. The Balaban J connectivity index is 1.79. The lowest BCUT2D eigenvalue weighted by atomic mass is 10.1. The molecule has 7 heteroatoms. The molecule has 1 atom stereocenters. The zero-order valence-corrected chi connectivity index (χ0v) is 13.7. The van der Waals surface area contributed by atoms with E-state index in [1.165, 1.54) is 0 Å². The summed E-state index contributed by atoms with van der Waals surface area (Å²) in [6.45, 7) is 1.91. The maximum Gasteiger partial charge on any atom is 0.275 e. The Kier molecular flexibility index (Phi) is 4.98. The van der Waals surface area contributed by atoms with Crippen LogP contribution in [0.1, 0.15) is 50.8 Å². The average molecular weight is 327 g/mol. The van der Waals surface area contributed by atoms with Gasteiger partial charge < -0.3 is 10.3 Å². The molecule has 1 fully saturated rings. The first kappa shape index (κ1) is 16.3. The Bertz CT molecular complexity index is 753. The third-order valence-electron chi connectivity index (χ3n) is 4.46. The van der Waals surface area contributed by atoms with Gasteiger partial charge in [0.05, 0.1) is 6.04 Å². The Labute approximate surface area is 139 Å². The SMILES string of the molecule is CCC(NC(=O)C1CCCC1)c1nnc(-c2ccncc2)[nH]c1=O. The molecule has 0 saturated heterocycles. The van der Waals surface area contributed by atoms with Crippen LogP contribution < -0.4 is 10.9 Å². The molecular formula is C17H21N5O2. The fourth-order valence-corrected chi connectivity index (χ4v) is 3.05. The highest BCUT2D eigenvalue weighted by Crippen LogP contribution is 2.25. The Hall–Kier alpha value is -2.57. The van der Waals surface area contributed by atoms with Crippen molar-refractivity contribution in [2.75, 3.05) is 0 Å². The molecule has 24 heavy (non-hydrogen) atoms. The van der Waals surface area contributed by atoms with E-state index in [2.05, 4.69) is 25.5 Å². The van der Waals surface area contributed by atoms with Gasteiger partial charge in [-0.1, -0.05) is 19.8 Å². The summed E-state index contributed by atoms with van der Waals surface area (Å²) in [4.78, 5) is 31.4. The molecule has 0 aromatic carbocycles. The molecule has 7 nitrogen and oxygen atoms in total. The Morgan fingerprint density at radius 1 is 1.29 bits per heavy atom. The molecule has 0 radical (unpaired) electrons. The molecule has 2 aromatic rings. The highest BCUT2D eigenvalue weighted by molar-refractivity contribution is 5.79. The highest BCUT2D eigenvalue weighted by atomic mass is 16.2. The lowest BCUT2D eigenvalue weighted by Gasteiger charge is -2.18. The third kappa shape index (κ3) is 3.50. The quantitative estimate of drug-likeness (QED) is 0.874. The fraction of sp³-hybridized carbons (Fsp3) is 0.471. The van der Waals surface area contributed by atoms with Gasteiger partial charge in [-0.05, 0) is 31.4 Å². The standard InChI is InChI=1S/C17H21N5O2/c1-2-13(19-16(23)12-5-3-4-6-12)14-17(24)20-15(22-21-14)11-7-9-18-10-8-11/h7-10,12-13H,2-6H2,1H3,(H,19,23)(H,20,22,24). The number of aromatic amines is 1. The van der Waals surface area contributed by atoms with Gasteiger partial charge in [-0.2, -0.15) is 0 Å². The number of pyridine rings is 1. The van der Waals surface area contributed by atoms with Gasteiger partial charge in [0.25, 0.3) is 5.56 Å². The van der Waals surface area contributed by atoms with Crippen molar-refractivity contribution in [3.63, 3.8) is 0 Å². The van der Waals surface area contributed by atoms with Crippen molar-refractivity contribution in [2.24, 2.45) is 5.92 Å². The number of rotatable bonds is 5. The molecule has 2 heterocycles. The number of nitrogens with one attached hydrogen (secondary N) is 2. The van der Waals surface area contributed by atoms with E-state index < -0.39 is 6.04 Å². The first-order valence-corrected chi connectivity index (χ1v) is 8.36. The van der Waals surface area contributed by atoms with Crippen LogP contribution in [-0.4, -0.2) is 26.1 Å². The first-order chi connectivity index (χ1) is 11.7. The van der Waals surface area contributed by atoms with Crippen LogP contribution in [0.5, 0.6) is 0 Å². The van der Waals surface area contributed by atoms with Crippen molar-refractivity contribution in [3.8, 4) is 11.4 Å². The topological polar surface area (TPSA) is 101 Å². The van der Waals surface area contributed by atoms with Gasteiger partial charge in [0.15, 0.2) is 11.5 Å².